The van der Waals surface area contributed by atoms with Gasteiger partial charge in [-0.25, -0.2) is 0 Å². The minimum Gasteiger partial charge on any atom is -0.393 e. The summed E-state index contributed by atoms with van der Waals surface area (Å²) in [6.45, 7) is 5.24. The highest BCUT2D eigenvalue weighted by Gasteiger charge is 2.27. The molecule has 0 saturated carbocycles. The molecule has 0 aromatic heterocycles. The van der Waals surface area contributed by atoms with E-state index in [1.165, 1.54) is 0 Å². The molecule has 4 heteroatoms. The van der Waals surface area contributed by atoms with Gasteiger partial charge in [0.15, 0.2) is 0 Å². The second-order valence-corrected chi connectivity index (χ2v) is 5.90. The molecule has 1 fully saturated rings. The maximum Gasteiger partial charge on any atom is 0.253 e. The number of piperidine rings is 1. The van der Waals surface area contributed by atoms with Gasteiger partial charge in [0.25, 0.3) is 5.91 Å². The number of hydrogen-bond donors (Lipinski definition) is 1. The Labute approximate surface area is 116 Å². The molecule has 1 aromatic carbocycles. The Morgan fingerprint density at radius 2 is 2.22 bits per heavy atom. The van der Waals surface area contributed by atoms with Crippen LogP contribution in [0, 0.1) is 12.8 Å². The molecule has 2 unspecified atom stereocenters. The van der Waals surface area contributed by atoms with E-state index < -0.39 is 0 Å². The van der Waals surface area contributed by atoms with Gasteiger partial charge >= 0.3 is 0 Å². The fourth-order valence-corrected chi connectivity index (χ4v) is 2.60. The smallest absolute Gasteiger partial charge is 0.253 e. The highest BCUT2D eigenvalue weighted by atomic mass is 79.9. The number of aliphatic hydroxyl groups is 1. The third kappa shape index (κ3) is 2.75. The summed E-state index contributed by atoms with van der Waals surface area (Å²) in [5.74, 6) is 0.200. The van der Waals surface area contributed by atoms with Gasteiger partial charge in [-0.05, 0) is 37.0 Å². The number of aliphatic hydroxyl groups excluding tert-OH is 1. The Hall–Kier alpha value is -0.870. The highest BCUT2D eigenvalue weighted by Crippen LogP contribution is 2.22. The summed E-state index contributed by atoms with van der Waals surface area (Å²) < 4.78 is 0.957. The number of halogens is 1. The number of benzene rings is 1. The van der Waals surface area contributed by atoms with Gasteiger partial charge in [-0.1, -0.05) is 28.9 Å². The van der Waals surface area contributed by atoms with Gasteiger partial charge < -0.3 is 10.0 Å². The molecule has 1 heterocycles. The van der Waals surface area contributed by atoms with Crippen LogP contribution >= 0.6 is 15.9 Å². The van der Waals surface area contributed by atoms with Crippen LogP contribution in [0.4, 0.5) is 0 Å². The number of amides is 1. The number of aryl methyl sites for hydroxylation is 1. The molecule has 0 spiro atoms. The molecule has 3 nitrogen and oxygen atoms in total. The lowest BCUT2D eigenvalue weighted by atomic mass is 9.96. The maximum atomic E-state index is 12.3. The third-order valence-electron chi connectivity index (χ3n) is 3.57. The molecule has 0 radical (unpaired) electrons. The van der Waals surface area contributed by atoms with Crippen LogP contribution in [0.5, 0.6) is 0 Å². The van der Waals surface area contributed by atoms with Crippen molar-refractivity contribution >= 4 is 21.8 Å². The molecule has 2 rings (SSSR count). The zero-order valence-corrected chi connectivity index (χ0v) is 12.3. The van der Waals surface area contributed by atoms with Crippen LogP contribution in [0.3, 0.4) is 0 Å². The van der Waals surface area contributed by atoms with Gasteiger partial charge in [0.1, 0.15) is 0 Å². The summed E-state index contributed by atoms with van der Waals surface area (Å²) in [6, 6.07) is 5.67. The normalized spacial score (nSPS) is 24.1. The summed E-state index contributed by atoms with van der Waals surface area (Å²) in [5.41, 5.74) is 1.82. The van der Waals surface area contributed by atoms with Crippen molar-refractivity contribution in [2.75, 3.05) is 13.1 Å². The molecule has 18 heavy (non-hydrogen) atoms. The van der Waals surface area contributed by atoms with Crippen LogP contribution < -0.4 is 0 Å². The Morgan fingerprint density at radius 1 is 1.50 bits per heavy atom. The minimum absolute atomic E-state index is 0.0504. The predicted octanol–water partition coefficient (Wildman–Crippen LogP) is 2.60. The quantitative estimate of drug-likeness (QED) is 0.866. The van der Waals surface area contributed by atoms with Crippen LogP contribution in [-0.4, -0.2) is 35.1 Å². The number of rotatable bonds is 1. The molecule has 1 saturated heterocycles. The summed E-state index contributed by atoms with van der Waals surface area (Å²) in [5, 5.41) is 9.68. The topological polar surface area (TPSA) is 40.5 Å². The first kappa shape index (κ1) is 13.6. The monoisotopic (exact) mass is 311 g/mol. The van der Waals surface area contributed by atoms with E-state index in [1.807, 2.05) is 36.9 Å². The molecule has 1 N–H and O–H groups in total. The molecule has 98 valence electrons. The van der Waals surface area contributed by atoms with E-state index >= 15 is 0 Å². The van der Waals surface area contributed by atoms with E-state index in [1.54, 1.807) is 0 Å². The highest BCUT2D eigenvalue weighted by molar-refractivity contribution is 9.10. The lowest BCUT2D eigenvalue weighted by molar-refractivity contribution is 0.0297. The third-order valence-corrected chi connectivity index (χ3v) is 4.42. The van der Waals surface area contributed by atoms with E-state index in [0.29, 0.717) is 25.1 Å². The van der Waals surface area contributed by atoms with Crippen LogP contribution in [0.25, 0.3) is 0 Å². The van der Waals surface area contributed by atoms with Crippen molar-refractivity contribution in [3.63, 3.8) is 0 Å². The van der Waals surface area contributed by atoms with Crippen LogP contribution in [0.15, 0.2) is 22.7 Å². The number of carbonyl (C=O) groups is 1. The second-order valence-electron chi connectivity index (χ2n) is 5.05. The van der Waals surface area contributed by atoms with Crippen molar-refractivity contribution < 1.29 is 9.90 Å². The Kier molecular flexibility index (Phi) is 4.07. The molecule has 1 aliphatic heterocycles. The van der Waals surface area contributed by atoms with E-state index in [2.05, 4.69) is 15.9 Å². The zero-order chi connectivity index (χ0) is 13.3. The van der Waals surface area contributed by atoms with Gasteiger partial charge in [-0.3, -0.25) is 4.79 Å². The molecule has 1 aliphatic rings. The molecule has 0 aliphatic carbocycles. The van der Waals surface area contributed by atoms with Gasteiger partial charge in [-0.15, -0.1) is 0 Å². The van der Waals surface area contributed by atoms with E-state index in [4.69, 9.17) is 0 Å². The summed E-state index contributed by atoms with van der Waals surface area (Å²) >= 11 is 3.45. The average molecular weight is 312 g/mol. The first-order valence-electron chi connectivity index (χ1n) is 6.22. The summed E-state index contributed by atoms with van der Waals surface area (Å²) in [4.78, 5) is 14.2. The summed E-state index contributed by atoms with van der Waals surface area (Å²) in [6.07, 6.45) is 0.388. The maximum absolute atomic E-state index is 12.3. The van der Waals surface area contributed by atoms with Gasteiger partial charge in [0.2, 0.25) is 0 Å². The van der Waals surface area contributed by atoms with Crippen molar-refractivity contribution in [2.45, 2.75) is 26.4 Å². The van der Waals surface area contributed by atoms with Crippen molar-refractivity contribution in [1.29, 1.82) is 0 Å². The number of carbonyl (C=O) groups excluding carboxylic acids is 1. The first-order chi connectivity index (χ1) is 8.49. The Morgan fingerprint density at radius 3 is 2.83 bits per heavy atom. The van der Waals surface area contributed by atoms with Crippen molar-refractivity contribution in [3.05, 3.63) is 33.8 Å². The number of nitrogens with zero attached hydrogens (tertiary/aromatic N) is 1. The van der Waals surface area contributed by atoms with Gasteiger partial charge in [-0.2, -0.15) is 0 Å². The second kappa shape index (κ2) is 5.41. The van der Waals surface area contributed by atoms with E-state index in [-0.39, 0.29) is 17.9 Å². The van der Waals surface area contributed by atoms with Crippen molar-refractivity contribution in [2.24, 2.45) is 5.92 Å². The Bertz CT molecular complexity index is 461. The van der Waals surface area contributed by atoms with E-state index in [0.717, 1.165) is 10.0 Å². The number of likely N-dealkylation sites (tertiary alicyclic amines) is 1. The molecule has 2 atom stereocenters. The fourth-order valence-electron chi connectivity index (χ4n) is 2.23. The van der Waals surface area contributed by atoms with Gasteiger partial charge in [0, 0.05) is 23.1 Å². The van der Waals surface area contributed by atoms with Crippen LogP contribution in [-0.2, 0) is 0 Å². The van der Waals surface area contributed by atoms with Crippen molar-refractivity contribution in [1.82, 2.24) is 4.90 Å². The molecular weight excluding hydrogens is 294 g/mol. The molecule has 1 amide bonds. The van der Waals surface area contributed by atoms with E-state index in [9.17, 15) is 9.90 Å². The predicted molar refractivity (Wildman–Crippen MR) is 74.6 cm³/mol. The summed E-state index contributed by atoms with van der Waals surface area (Å²) in [7, 11) is 0. The lowest BCUT2D eigenvalue weighted by Crippen LogP contribution is -2.44. The SMILES string of the molecule is Cc1ccc(C(=O)N2CCC(O)C(C)C2)cc1Br. The average Bonchev–Trinajstić information content (AvgIpc) is 2.35. The number of hydrogen-bond acceptors (Lipinski definition) is 2. The minimum atomic E-state index is -0.279. The molecular formula is C14H18BrNO2. The first-order valence-corrected chi connectivity index (χ1v) is 7.02. The Balaban J connectivity index is 2.14. The fraction of sp³-hybridized carbons (Fsp3) is 0.500. The van der Waals surface area contributed by atoms with Crippen LogP contribution in [0.1, 0.15) is 29.3 Å². The van der Waals surface area contributed by atoms with Gasteiger partial charge in [0.05, 0.1) is 6.10 Å². The molecule has 0 bridgehead atoms. The molecule has 1 aromatic rings. The van der Waals surface area contributed by atoms with Crippen molar-refractivity contribution in [3.8, 4) is 0 Å². The lowest BCUT2D eigenvalue weighted by Gasteiger charge is -2.34. The van der Waals surface area contributed by atoms with Crippen LogP contribution in [0.2, 0.25) is 0 Å². The standard InChI is InChI=1S/C14H18BrNO2/c1-9-3-4-11(7-12(9)15)14(18)16-6-5-13(17)10(2)8-16/h3-4,7,10,13,17H,5-6,8H2,1-2H3. The zero-order valence-electron chi connectivity index (χ0n) is 10.7. The largest absolute Gasteiger partial charge is 0.393 e.